The van der Waals surface area contributed by atoms with Crippen molar-refractivity contribution in [3.63, 3.8) is 0 Å². The number of hydrogen-bond donors (Lipinski definition) is 0. The SMILES string of the molecule is CC(C)C(=O)C1C[C@@H](Cc2ccc(-c3ccccc3)cc2)N(C(=O)OC(C)(C)C)C1=O. The van der Waals surface area contributed by atoms with Crippen LogP contribution in [0.4, 0.5) is 4.79 Å². The second kappa shape index (κ2) is 9.04. The minimum Gasteiger partial charge on any atom is -0.443 e. The van der Waals surface area contributed by atoms with E-state index in [1.807, 2.05) is 42.5 Å². The van der Waals surface area contributed by atoms with E-state index in [1.165, 1.54) is 4.90 Å². The average Bonchev–Trinajstić information content (AvgIpc) is 3.03. The van der Waals surface area contributed by atoms with Gasteiger partial charge in [0, 0.05) is 12.0 Å². The van der Waals surface area contributed by atoms with Crippen LogP contribution in [-0.4, -0.2) is 34.3 Å². The van der Waals surface area contributed by atoms with Crippen LogP contribution < -0.4 is 0 Å². The summed E-state index contributed by atoms with van der Waals surface area (Å²) in [5.74, 6) is -1.63. The highest BCUT2D eigenvalue weighted by atomic mass is 16.6. The monoisotopic (exact) mass is 421 g/mol. The lowest BCUT2D eigenvalue weighted by molar-refractivity contribution is -0.137. The van der Waals surface area contributed by atoms with Crippen molar-refractivity contribution in [2.45, 2.75) is 59.1 Å². The summed E-state index contributed by atoms with van der Waals surface area (Å²) in [6.07, 6.45) is 0.139. The van der Waals surface area contributed by atoms with Crippen LogP contribution in [0.1, 0.15) is 46.6 Å². The van der Waals surface area contributed by atoms with Crippen LogP contribution in [0.15, 0.2) is 54.6 Å². The molecule has 0 bridgehead atoms. The van der Waals surface area contributed by atoms with Gasteiger partial charge in [0.05, 0.1) is 5.92 Å². The zero-order chi connectivity index (χ0) is 22.8. The van der Waals surface area contributed by atoms with Crippen molar-refractivity contribution in [3.8, 4) is 11.1 Å². The largest absolute Gasteiger partial charge is 0.443 e. The number of hydrogen-bond acceptors (Lipinski definition) is 4. The standard InChI is InChI=1S/C26H31NO4/c1-17(2)23(28)22-16-21(27(24(22)29)25(30)31-26(3,4)5)15-18-11-13-20(14-12-18)19-9-7-6-8-10-19/h6-14,17,21-22H,15-16H2,1-5H3/t21-,22?/m1/s1. The van der Waals surface area contributed by atoms with Crippen LogP contribution in [-0.2, 0) is 20.7 Å². The second-order valence-corrected chi connectivity index (χ2v) is 9.45. The molecule has 31 heavy (non-hydrogen) atoms. The number of amides is 2. The van der Waals surface area contributed by atoms with Gasteiger partial charge < -0.3 is 4.74 Å². The van der Waals surface area contributed by atoms with Gasteiger partial charge in [-0.2, -0.15) is 0 Å². The number of rotatable bonds is 5. The number of benzene rings is 2. The van der Waals surface area contributed by atoms with Crippen molar-refractivity contribution >= 4 is 17.8 Å². The first kappa shape index (κ1) is 22.7. The van der Waals surface area contributed by atoms with Gasteiger partial charge in [0.25, 0.3) is 0 Å². The fraction of sp³-hybridized carbons (Fsp3) is 0.423. The van der Waals surface area contributed by atoms with E-state index in [-0.39, 0.29) is 11.7 Å². The fourth-order valence-electron chi connectivity index (χ4n) is 3.93. The molecule has 5 heteroatoms. The third-order valence-electron chi connectivity index (χ3n) is 5.44. The van der Waals surface area contributed by atoms with Crippen LogP contribution in [0.5, 0.6) is 0 Å². The van der Waals surface area contributed by atoms with Gasteiger partial charge >= 0.3 is 6.09 Å². The Kier molecular flexibility index (Phi) is 6.63. The Bertz CT molecular complexity index is 942. The van der Waals surface area contributed by atoms with Gasteiger partial charge in [0.1, 0.15) is 11.4 Å². The Hall–Kier alpha value is -2.95. The number of ketones is 1. The number of carbonyl (C=O) groups is 3. The molecule has 1 aliphatic heterocycles. The number of imide groups is 1. The molecule has 0 radical (unpaired) electrons. The summed E-state index contributed by atoms with van der Waals surface area (Å²) < 4.78 is 5.48. The van der Waals surface area contributed by atoms with E-state index in [2.05, 4.69) is 12.1 Å². The molecular weight excluding hydrogens is 390 g/mol. The summed E-state index contributed by atoms with van der Waals surface area (Å²) in [6.45, 7) is 8.85. The molecule has 2 aromatic rings. The van der Waals surface area contributed by atoms with Crippen molar-refractivity contribution in [3.05, 3.63) is 60.2 Å². The Morgan fingerprint density at radius 2 is 1.58 bits per heavy atom. The smallest absolute Gasteiger partial charge is 0.417 e. The third-order valence-corrected chi connectivity index (χ3v) is 5.44. The van der Waals surface area contributed by atoms with E-state index in [4.69, 9.17) is 4.74 Å². The molecule has 1 aliphatic rings. The normalized spacial score (nSPS) is 19.0. The molecule has 5 nitrogen and oxygen atoms in total. The Morgan fingerprint density at radius 1 is 1.00 bits per heavy atom. The minimum absolute atomic E-state index is 0.125. The lowest BCUT2D eigenvalue weighted by Gasteiger charge is -2.27. The highest BCUT2D eigenvalue weighted by molar-refractivity contribution is 6.08. The van der Waals surface area contributed by atoms with Crippen molar-refractivity contribution in [2.24, 2.45) is 11.8 Å². The van der Waals surface area contributed by atoms with E-state index >= 15 is 0 Å². The average molecular weight is 422 g/mol. The second-order valence-electron chi connectivity index (χ2n) is 9.45. The molecule has 1 fully saturated rings. The lowest BCUT2D eigenvalue weighted by Crippen LogP contribution is -2.44. The molecule has 1 unspecified atom stereocenters. The molecule has 3 rings (SSSR count). The van der Waals surface area contributed by atoms with Gasteiger partial charge in [-0.15, -0.1) is 0 Å². The van der Waals surface area contributed by atoms with Crippen LogP contribution in [0, 0.1) is 11.8 Å². The molecule has 0 saturated carbocycles. The van der Waals surface area contributed by atoms with Gasteiger partial charge in [-0.05, 0) is 50.3 Å². The topological polar surface area (TPSA) is 63.7 Å². The summed E-state index contributed by atoms with van der Waals surface area (Å²) >= 11 is 0. The quantitative estimate of drug-likeness (QED) is 0.617. The molecule has 164 valence electrons. The molecule has 2 aromatic carbocycles. The summed E-state index contributed by atoms with van der Waals surface area (Å²) in [5.41, 5.74) is 2.51. The van der Waals surface area contributed by atoms with Crippen molar-refractivity contribution < 1.29 is 19.1 Å². The summed E-state index contributed by atoms with van der Waals surface area (Å²) in [5, 5.41) is 0. The Balaban J connectivity index is 1.83. The van der Waals surface area contributed by atoms with Gasteiger partial charge in [-0.1, -0.05) is 68.4 Å². The zero-order valence-electron chi connectivity index (χ0n) is 18.9. The van der Waals surface area contributed by atoms with E-state index in [0.29, 0.717) is 12.8 Å². The predicted molar refractivity (Wildman–Crippen MR) is 120 cm³/mol. The molecule has 2 atom stereocenters. The number of nitrogens with zero attached hydrogens (tertiary/aromatic N) is 1. The number of ether oxygens (including phenoxy) is 1. The van der Waals surface area contributed by atoms with E-state index < -0.39 is 29.6 Å². The summed E-state index contributed by atoms with van der Waals surface area (Å²) in [4.78, 5) is 39.6. The molecule has 0 spiro atoms. The third kappa shape index (κ3) is 5.40. The molecule has 1 heterocycles. The highest BCUT2D eigenvalue weighted by Gasteiger charge is 2.47. The first-order valence-corrected chi connectivity index (χ1v) is 10.8. The van der Waals surface area contributed by atoms with Crippen molar-refractivity contribution in [2.75, 3.05) is 0 Å². The molecule has 0 aromatic heterocycles. The number of likely N-dealkylation sites (tertiary alicyclic amines) is 1. The maximum atomic E-state index is 13.0. The molecule has 1 saturated heterocycles. The van der Waals surface area contributed by atoms with Gasteiger partial charge in [0.15, 0.2) is 0 Å². The zero-order valence-corrected chi connectivity index (χ0v) is 18.9. The minimum atomic E-state index is -0.791. The molecule has 0 aliphatic carbocycles. The predicted octanol–water partition coefficient (Wildman–Crippen LogP) is 5.27. The van der Waals surface area contributed by atoms with Crippen LogP contribution in [0.25, 0.3) is 11.1 Å². The summed E-state index contributed by atoms with van der Waals surface area (Å²) in [7, 11) is 0. The van der Waals surface area contributed by atoms with Gasteiger partial charge in [-0.25, -0.2) is 9.69 Å². The lowest BCUT2D eigenvalue weighted by atomic mass is 9.91. The maximum Gasteiger partial charge on any atom is 0.417 e. The number of carbonyl (C=O) groups excluding carboxylic acids is 3. The fourth-order valence-corrected chi connectivity index (χ4v) is 3.93. The summed E-state index contributed by atoms with van der Waals surface area (Å²) in [6, 6.07) is 17.8. The van der Waals surface area contributed by atoms with Crippen molar-refractivity contribution in [1.82, 2.24) is 4.90 Å². The van der Waals surface area contributed by atoms with Crippen LogP contribution in [0.2, 0.25) is 0 Å². The molecule has 2 amide bonds. The van der Waals surface area contributed by atoms with Crippen molar-refractivity contribution in [1.29, 1.82) is 0 Å². The number of Topliss-reactive ketones (excluding diaryl/α,β-unsaturated/α-hetero) is 1. The Morgan fingerprint density at radius 3 is 2.13 bits per heavy atom. The first-order chi connectivity index (χ1) is 14.6. The molecule has 0 N–H and O–H groups in total. The van der Waals surface area contributed by atoms with Crippen LogP contribution in [0.3, 0.4) is 0 Å². The Labute approximate surface area is 184 Å². The highest BCUT2D eigenvalue weighted by Crippen LogP contribution is 2.32. The van der Waals surface area contributed by atoms with E-state index in [0.717, 1.165) is 16.7 Å². The van der Waals surface area contributed by atoms with Gasteiger partial charge in [0.2, 0.25) is 5.91 Å². The van der Waals surface area contributed by atoms with E-state index in [9.17, 15) is 14.4 Å². The maximum absolute atomic E-state index is 13.0. The first-order valence-electron chi connectivity index (χ1n) is 10.8. The molecular formula is C26H31NO4. The van der Waals surface area contributed by atoms with Crippen LogP contribution >= 0.6 is 0 Å². The van der Waals surface area contributed by atoms with Gasteiger partial charge in [-0.3, -0.25) is 9.59 Å². The van der Waals surface area contributed by atoms with E-state index in [1.54, 1.807) is 34.6 Å².